The molecule has 1 aromatic rings. The average Bonchev–Trinajstić information content (AvgIpc) is 2.48. The van der Waals surface area contributed by atoms with Crippen molar-refractivity contribution in [2.45, 2.75) is 26.3 Å². The van der Waals surface area contributed by atoms with Gasteiger partial charge in [0.15, 0.2) is 0 Å². The zero-order chi connectivity index (χ0) is 14.5. The van der Waals surface area contributed by atoms with Crippen molar-refractivity contribution < 1.29 is 19.4 Å². The smallest absolute Gasteiger partial charge is 0.222 e. The van der Waals surface area contributed by atoms with Gasteiger partial charge in [0.25, 0.3) is 0 Å². The summed E-state index contributed by atoms with van der Waals surface area (Å²) >= 11 is 0. The number of phenols is 1. The maximum atomic E-state index is 11.9. The lowest BCUT2D eigenvalue weighted by Gasteiger charge is -2.35. The van der Waals surface area contributed by atoms with Crippen molar-refractivity contribution in [3.8, 4) is 11.5 Å². The van der Waals surface area contributed by atoms with Gasteiger partial charge in [0, 0.05) is 18.5 Å². The van der Waals surface area contributed by atoms with Crippen LogP contribution in [0.1, 0.15) is 18.9 Å². The van der Waals surface area contributed by atoms with Crippen LogP contribution in [0.15, 0.2) is 18.2 Å². The number of carbonyl (C=O) groups excluding carboxylic acids is 1. The first-order chi connectivity index (χ1) is 9.63. The van der Waals surface area contributed by atoms with Gasteiger partial charge in [-0.15, -0.1) is 0 Å². The molecular weight excluding hydrogens is 258 g/mol. The Bertz CT molecular complexity index is 475. The van der Waals surface area contributed by atoms with Crippen molar-refractivity contribution in [3.63, 3.8) is 0 Å². The number of ether oxygens (including phenoxy) is 2. The van der Waals surface area contributed by atoms with Crippen molar-refractivity contribution in [3.05, 3.63) is 23.8 Å². The topological polar surface area (TPSA) is 59.0 Å². The van der Waals surface area contributed by atoms with Gasteiger partial charge < -0.3 is 19.5 Å². The van der Waals surface area contributed by atoms with E-state index >= 15 is 0 Å². The summed E-state index contributed by atoms with van der Waals surface area (Å²) in [6.45, 7) is 5.71. The number of morpholine rings is 1. The van der Waals surface area contributed by atoms with E-state index in [-0.39, 0.29) is 17.7 Å². The number of benzene rings is 1. The maximum Gasteiger partial charge on any atom is 0.222 e. The zero-order valence-corrected chi connectivity index (χ0v) is 12.0. The molecule has 1 N–H and O–H groups in total. The quantitative estimate of drug-likeness (QED) is 0.911. The van der Waals surface area contributed by atoms with Crippen LogP contribution in [0, 0.1) is 6.92 Å². The Hall–Kier alpha value is -1.75. The summed E-state index contributed by atoms with van der Waals surface area (Å²) in [5.41, 5.74) is 0.706. The van der Waals surface area contributed by atoms with Crippen molar-refractivity contribution in [2.75, 3.05) is 26.4 Å². The normalized spacial score (nSPS) is 18.9. The second kappa shape index (κ2) is 6.61. The number of amides is 1. The minimum Gasteiger partial charge on any atom is -0.508 e. The van der Waals surface area contributed by atoms with E-state index in [2.05, 4.69) is 0 Å². The van der Waals surface area contributed by atoms with E-state index < -0.39 is 0 Å². The molecule has 1 unspecified atom stereocenters. The molecule has 1 aliphatic rings. The molecule has 5 nitrogen and oxygen atoms in total. The molecule has 5 heteroatoms. The molecular formula is C15H21NO4. The number of hydrogen-bond donors (Lipinski definition) is 1. The van der Waals surface area contributed by atoms with Gasteiger partial charge >= 0.3 is 0 Å². The molecule has 0 aromatic heterocycles. The minimum absolute atomic E-state index is 0.0713. The van der Waals surface area contributed by atoms with Crippen molar-refractivity contribution >= 4 is 5.91 Å². The summed E-state index contributed by atoms with van der Waals surface area (Å²) in [6.07, 6.45) is 0.488. The summed E-state index contributed by atoms with van der Waals surface area (Å²) in [4.78, 5) is 13.7. The minimum atomic E-state index is -0.0713. The summed E-state index contributed by atoms with van der Waals surface area (Å²) in [7, 11) is 0. The third-order valence-corrected chi connectivity index (χ3v) is 3.54. The van der Waals surface area contributed by atoms with Crippen LogP contribution in [0.3, 0.4) is 0 Å². The van der Waals surface area contributed by atoms with E-state index in [1.165, 1.54) is 0 Å². The lowest BCUT2D eigenvalue weighted by atomic mass is 10.2. The lowest BCUT2D eigenvalue weighted by molar-refractivity contribution is -0.140. The van der Waals surface area contributed by atoms with Crippen molar-refractivity contribution in [2.24, 2.45) is 0 Å². The van der Waals surface area contributed by atoms with Crippen LogP contribution >= 0.6 is 0 Å². The fraction of sp³-hybridized carbons (Fsp3) is 0.533. The van der Waals surface area contributed by atoms with E-state index in [9.17, 15) is 9.90 Å². The molecule has 20 heavy (non-hydrogen) atoms. The van der Waals surface area contributed by atoms with Crippen LogP contribution in [0.5, 0.6) is 11.5 Å². The van der Waals surface area contributed by atoms with Crippen LogP contribution < -0.4 is 4.74 Å². The molecule has 1 fully saturated rings. The maximum absolute atomic E-state index is 11.9. The van der Waals surface area contributed by atoms with Crippen LogP contribution in [0.4, 0.5) is 0 Å². The summed E-state index contributed by atoms with van der Waals surface area (Å²) in [6, 6.07) is 5.10. The predicted molar refractivity (Wildman–Crippen MR) is 74.9 cm³/mol. The van der Waals surface area contributed by atoms with Gasteiger partial charge in [-0.1, -0.05) is 13.0 Å². The van der Waals surface area contributed by atoms with Gasteiger partial charge in [-0.3, -0.25) is 4.79 Å². The first kappa shape index (κ1) is 14.7. The summed E-state index contributed by atoms with van der Waals surface area (Å²) < 4.78 is 11.2. The van der Waals surface area contributed by atoms with Gasteiger partial charge in [0.2, 0.25) is 5.91 Å². The van der Waals surface area contributed by atoms with Gasteiger partial charge in [-0.05, 0) is 19.1 Å². The molecule has 0 spiro atoms. The number of rotatable bonds is 4. The van der Waals surface area contributed by atoms with Gasteiger partial charge in [0.1, 0.15) is 18.1 Å². The Kier molecular flexibility index (Phi) is 4.84. The second-order valence-corrected chi connectivity index (χ2v) is 4.88. The van der Waals surface area contributed by atoms with E-state index in [1.807, 2.05) is 17.9 Å². The van der Waals surface area contributed by atoms with E-state index in [0.717, 1.165) is 0 Å². The molecule has 2 rings (SSSR count). The first-order valence-electron chi connectivity index (χ1n) is 6.92. The summed E-state index contributed by atoms with van der Waals surface area (Å²) in [5, 5.41) is 9.65. The monoisotopic (exact) mass is 279 g/mol. The molecule has 1 amide bonds. The SMILES string of the molecule is CCC(=O)N1CCOCC1COc1cccc(O)c1C. The van der Waals surface area contributed by atoms with Crippen molar-refractivity contribution in [1.29, 1.82) is 0 Å². The molecule has 110 valence electrons. The highest BCUT2D eigenvalue weighted by molar-refractivity contribution is 5.76. The standard InChI is InChI=1S/C15H21NO4/c1-3-15(18)16-7-8-19-9-12(16)10-20-14-6-4-5-13(17)11(14)2/h4-6,12,17H,3,7-10H2,1-2H3. The van der Waals surface area contributed by atoms with Gasteiger partial charge in [-0.25, -0.2) is 0 Å². The zero-order valence-electron chi connectivity index (χ0n) is 12.0. The highest BCUT2D eigenvalue weighted by Gasteiger charge is 2.27. The fourth-order valence-electron chi connectivity index (χ4n) is 2.27. The number of carbonyl (C=O) groups is 1. The number of nitrogens with zero attached hydrogens (tertiary/aromatic N) is 1. The molecule has 0 saturated carbocycles. The molecule has 1 atom stereocenters. The highest BCUT2D eigenvalue weighted by Crippen LogP contribution is 2.26. The largest absolute Gasteiger partial charge is 0.508 e. The second-order valence-electron chi connectivity index (χ2n) is 4.88. The number of hydrogen-bond acceptors (Lipinski definition) is 4. The van der Waals surface area contributed by atoms with Crippen molar-refractivity contribution in [1.82, 2.24) is 4.90 Å². The van der Waals surface area contributed by atoms with Crippen LogP contribution in [0.25, 0.3) is 0 Å². The van der Waals surface area contributed by atoms with Crippen LogP contribution in [0.2, 0.25) is 0 Å². The molecule has 0 bridgehead atoms. The predicted octanol–water partition coefficient (Wildman–Crippen LogP) is 1.72. The van der Waals surface area contributed by atoms with E-state index in [0.29, 0.717) is 44.1 Å². The number of phenolic OH excluding ortho intramolecular Hbond substituents is 1. The molecule has 1 saturated heterocycles. The summed E-state index contributed by atoms with van der Waals surface area (Å²) in [5.74, 6) is 0.970. The Labute approximate surface area is 119 Å². The Morgan fingerprint density at radius 2 is 2.35 bits per heavy atom. The van der Waals surface area contributed by atoms with Crippen LogP contribution in [-0.4, -0.2) is 48.3 Å². The molecule has 0 aliphatic carbocycles. The van der Waals surface area contributed by atoms with Crippen LogP contribution in [-0.2, 0) is 9.53 Å². The van der Waals surface area contributed by atoms with E-state index in [1.54, 1.807) is 19.1 Å². The average molecular weight is 279 g/mol. The first-order valence-corrected chi connectivity index (χ1v) is 6.92. The lowest BCUT2D eigenvalue weighted by Crippen LogP contribution is -2.51. The number of aromatic hydroxyl groups is 1. The molecule has 0 radical (unpaired) electrons. The van der Waals surface area contributed by atoms with E-state index in [4.69, 9.17) is 9.47 Å². The fourth-order valence-corrected chi connectivity index (χ4v) is 2.27. The Balaban J connectivity index is 2.01. The van der Waals surface area contributed by atoms with Gasteiger partial charge in [-0.2, -0.15) is 0 Å². The Morgan fingerprint density at radius 1 is 1.55 bits per heavy atom. The molecule has 1 aliphatic heterocycles. The molecule has 1 aromatic carbocycles. The molecule has 1 heterocycles. The Morgan fingerprint density at radius 3 is 3.10 bits per heavy atom. The third-order valence-electron chi connectivity index (χ3n) is 3.54. The van der Waals surface area contributed by atoms with Gasteiger partial charge in [0.05, 0.1) is 19.3 Å². The highest BCUT2D eigenvalue weighted by atomic mass is 16.5. The third kappa shape index (κ3) is 3.22.